The summed E-state index contributed by atoms with van der Waals surface area (Å²) >= 11 is 0. The van der Waals surface area contributed by atoms with E-state index in [2.05, 4.69) is 36.4 Å². The maximum absolute atomic E-state index is 13.3. The summed E-state index contributed by atoms with van der Waals surface area (Å²) in [4.78, 5) is 25.4. The summed E-state index contributed by atoms with van der Waals surface area (Å²) in [6.07, 6.45) is 1.66. The van der Waals surface area contributed by atoms with Crippen LogP contribution in [0.1, 0.15) is 43.9 Å². The highest BCUT2D eigenvalue weighted by Gasteiger charge is 2.31. The van der Waals surface area contributed by atoms with Crippen molar-refractivity contribution in [2.24, 2.45) is 0 Å². The molecule has 0 aliphatic carbocycles. The number of anilines is 1. The lowest BCUT2D eigenvalue weighted by molar-refractivity contribution is -0.113. The molecule has 3 amide bonds. The lowest BCUT2D eigenvalue weighted by Gasteiger charge is -2.29. The number of rotatable bonds is 7. The molecule has 1 aliphatic rings. The minimum Gasteiger partial charge on any atom is -0.490 e. The number of hydrogen-bond acceptors (Lipinski definition) is 3. The van der Waals surface area contributed by atoms with Gasteiger partial charge in [-0.25, -0.2) is 4.79 Å². The molecule has 6 nitrogen and oxygen atoms in total. The summed E-state index contributed by atoms with van der Waals surface area (Å²) in [5.74, 6) is 0.633. The Labute approximate surface area is 177 Å². The number of benzene rings is 2. The molecule has 1 heterocycles. The number of nitrogens with one attached hydrogen (secondary N) is 3. The second-order valence-corrected chi connectivity index (χ2v) is 7.44. The third-order valence-electron chi connectivity index (χ3n) is 4.90. The summed E-state index contributed by atoms with van der Waals surface area (Å²) in [7, 11) is 0. The topological polar surface area (TPSA) is 79.5 Å². The Bertz CT molecular complexity index is 995. The van der Waals surface area contributed by atoms with Gasteiger partial charge in [-0.1, -0.05) is 56.8 Å². The molecule has 3 N–H and O–H groups in total. The molecule has 0 radical (unpaired) electrons. The Morgan fingerprint density at radius 1 is 1.23 bits per heavy atom. The second kappa shape index (κ2) is 9.31. The highest BCUT2D eigenvalue weighted by molar-refractivity contribution is 6.07. The van der Waals surface area contributed by atoms with E-state index in [-0.39, 0.29) is 17.9 Å². The first-order chi connectivity index (χ1) is 14.4. The monoisotopic (exact) mass is 405 g/mol. The van der Waals surface area contributed by atoms with E-state index in [1.165, 1.54) is 0 Å². The first-order valence-corrected chi connectivity index (χ1v) is 9.93. The van der Waals surface area contributed by atoms with Crippen LogP contribution in [0, 0.1) is 0 Å². The third-order valence-corrected chi connectivity index (χ3v) is 4.90. The van der Waals surface area contributed by atoms with Gasteiger partial charge in [-0.15, -0.1) is 0 Å². The summed E-state index contributed by atoms with van der Waals surface area (Å²) in [6, 6.07) is 14.1. The molecule has 0 aromatic heterocycles. The van der Waals surface area contributed by atoms with Crippen molar-refractivity contribution in [1.82, 2.24) is 10.6 Å². The van der Waals surface area contributed by atoms with Crippen molar-refractivity contribution >= 4 is 17.6 Å². The largest absolute Gasteiger partial charge is 0.490 e. The van der Waals surface area contributed by atoms with Gasteiger partial charge in [0.25, 0.3) is 5.91 Å². The van der Waals surface area contributed by atoms with E-state index in [4.69, 9.17) is 4.74 Å². The van der Waals surface area contributed by atoms with Gasteiger partial charge < -0.3 is 20.7 Å². The molecule has 0 spiro atoms. The molecule has 30 heavy (non-hydrogen) atoms. The molecule has 2 aromatic carbocycles. The smallest absolute Gasteiger partial charge is 0.319 e. The molecule has 3 rings (SSSR count). The van der Waals surface area contributed by atoms with Gasteiger partial charge in [-0.05, 0) is 42.2 Å². The SMILES string of the molecule is C=CCOc1cccc([C@@H]2NC(=O)NC(C)=C2C(=O)Nc2ccccc2C(C)C)c1. The lowest BCUT2D eigenvalue weighted by atomic mass is 9.94. The molecule has 0 bridgehead atoms. The van der Waals surface area contributed by atoms with Crippen LogP contribution in [-0.4, -0.2) is 18.5 Å². The molecule has 6 heteroatoms. The Kier molecular flexibility index (Phi) is 6.57. The van der Waals surface area contributed by atoms with Gasteiger partial charge in [-0.2, -0.15) is 0 Å². The van der Waals surface area contributed by atoms with E-state index < -0.39 is 6.04 Å². The van der Waals surface area contributed by atoms with Gasteiger partial charge in [0.15, 0.2) is 0 Å². The van der Waals surface area contributed by atoms with Crippen LogP contribution >= 0.6 is 0 Å². The van der Waals surface area contributed by atoms with Gasteiger partial charge in [0, 0.05) is 11.4 Å². The standard InChI is InChI=1S/C24H27N3O3/c1-5-13-30-18-10-8-9-17(14-18)22-21(16(4)25-24(29)27-22)23(28)26-20-12-7-6-11-19(20)15(2)3/h5-12,14-15,22H,1,13H2,2-4H3,(H,26,28)(H2,25,27,29)/t22-/m0/s1. The maximum Gasteiger partial charge on any atom is 0.319 e. The third kappa shape index (κ3) is 4.71. The van der Waals surface area contributed by atoms with Crippen LogP contribution in [0.3, 0.4) is 0 Å². The van der Waals surface area contributed by atoms with Crippen LogP contribution in [0.25, 0.3) is 0 Å². The van der Waals surface area contributed by atoms with Gasteiger partial charge in [-0.3, -0.25) is 4.79 Å². The second-order valence-electron chi connectivity index (χ2n) is 7.44. The van der Waals surface area contributed by atoms with Crippen molar-refractivity contribution in [2.75, 3.05) is 11.9 Å². The van der Waals surface area contributed by atoms with Crippen molar-refractivity contribution in [1.29, 1.82) is 0 Å². The van der Waals surface area contributed by atoms with Crippen molar-refractivity contribution in [3.8, 4) is 5.75 Å². The van der Waals surface area contributed by atoms with Crippen LogP contribution in [0.2, 0.25) is 0 Å². The van der Waals surface area contributed by atoms with Crippen molar-refractivity contribution in [3.05, 3.63) is 83.6 Å². The Morgan fingerprint density at radius 3 is 2.73 bits per heavy atom. The van der Waals surface area contributed by atoms with E-state index in [0.717, 1.165) is 16.8 Å². The fourth-order valence-corrected chi connectivity index (χ4v) is 3.49. The zero-order valence-corrected chi connectivity index (χ0v) is 17.5. The van der Waals surface area contributed by atoms with Crippen LogP contribution in [-0.2, 0) is 4.79 Å². The molecule has 0 fully saturated rings. The highest BCUT2D eigenvalue weighted by Crippen LogP contribution is 2.31. The molecule has 0 saturated heterocycles. The summed E-state index contributed by atoms with van der Waals surface area (Å²) in [5.41, 5.74) is 3.53. The summed E-state index contributed by atoms with van der Waals surface area (Å²) < 4.78 is 5.61. The van der Waals surface area contributed by atoms with Gasteiger partial charge >= 0.3 is 6.03 Å². The number of ether oxygens (including phenoxy) is 1. The molecule has 2 aromatic rings. The Balaban J connectivity index is 1.95. The number of hydrogen-bond donors (Lipinski definition) is 3. The fraction of sp³-hybridized carbons (Fsp3) is 0.250. The molecule has 156 valence electrons. The number of urea groups is 1. The number of carbonyl (C=O) groups is 2. The van der Waals surface area contributed by atoms with Crippen LogP contribution < -0.4 is 20.7 Å². The summed E-state index contributed by atoms with van der Waals surface area (Å²) in [6.45, 7) is 9.91. The molecule has 0 saturated carbocycles. The van der Waals surface area contributed by atoms with E-state index in [0.29, 0.717) is 23.6 Å². The van der Waals surface area contributed by atoms with E-state index in [9.17, 15) is 9.59 Å². The van der Waals surface area contributed by atoms with Gasteiger partial charge in [0.2, 0.25) is 0 Å². The molecule has 1 aliphatic heterocycles. The quantitative estimate of drug-likeness (QED) is 0.587. The Morgan fingerprint density at radius 2 is 2.00 bits per heavy atom. The molecule has 1 atom stereocenters. The number of allylic oxidation sites excluding steroid dienone is 1. The van der Waals surface area contributed by atoms with Crippen molar-refractivity contribution in [2.45, 2.75) is 32.7 Å². The van der Waals surface area contributed by atoms with Crippen LogP contribution in [0.4, 0.5) is 10.5 Å². The normalized spacial score (nSPS) is 16.0. The molecular weight excluding hydrogens is 378 g/mol. The van der Waals surface area contributed by atoms with E-state index in [1.54, 1.807) is 13.0 Å². The van der Waals surface area contributed by atoms with Crippen molar-refractivity contribution < 1.29 is 14.3 Å². The van der Waals surface area contributed by atoms with Gasteiger partial charge in [0.1, 0.15) is 12.4 Å². The first-order valence-electron chi connectivity index (χ1n) is 9.93. The van der Waals surface area contributed by atoms with Crippen molar-refractivity contribution in [3.63, 3.8) is 0 Å². The van der Waals surface area contributed by atoms with Crippen LogP contribution in [0.15, 0.2) is 72.5 Å². The van der Waals surface area contributed by atoms with Crippen LogP contribution in [0.5, 0.6) is 5.75 Å². The average molecular weight is 405 g/mol. The number of carbonyl (C=O) groups excluding carboxylic acids is 2. The predicted octanol–water partition coefficient (Wildman–Crippen LogP) is 4.64. The number of para-hydroxylation sites is 1. The lowest BCUT2D eigenvalue weighted by Crippen LogP contribution is -2.46. The first kappa shape index (κ1) is 21.2. The zero-order valence-electron chi connectivity index (χ0n) is 17.5. The van der Waals surface area contributed by atoms with Gasteiger partial charge in [0.05, 0.1) is 11.6 Å². The Hall–Kier alpha value is -3.54. The summed E-state index contributed by atoms with van der Waals surface area (Å²) in [5, 5.41) is 8.59. The average Bonchev–Trinajstić information content (AvgIpc) is 2.72. The fourth-order valence-electron chi connectivity index (χ4n) is 3.49. The minimum atomic E-state index is -0.600. The predicted molar refractivity (Wildman–Crippen MR) is 118 cm³/mol. The molecular formula is C24H27N3O3. The van der Waals surface area contributed by atoms with E-state index in [1.807, 2.05) is 48.5 Å². The maximum atomic E-state index is 13.3. The van der Waals surface area contributed by atoms with E-state index >= 15 is 0 Å². The minimum absolute atomic E-state index is 0.259. The number of amides is 3. The highest BCUT2D eigenvalue weighted by atomic mass is 16.5. The molecule has 0 unspecified atom stereocenters. The zero-order chi connectivity index (χ0) is 21.7.